The van der Waals surface area contributed by atoms with E-state index in [1.807, 2.05) is 0 Å². The fraction of sp³-hybridized carbons (Fsp3) is 0.385. The summed E-state index contributed by atoms with van der Waals surface area (Å²) in [7, 11) is 0. The fourth-order valence-electron chi connectivity index (χ4n) is 1.27. The van der Waals surface area contributed by atoms with E-state index in [-0.39, 0.29) is 5.82 Å². The van der Waals surface area contributed by atoms with Crippen LogP contribution in [-0.4, -0.2) is 17.0 Å². The van der Waals surface area contributed by atoms with Crippen molar-refractivity contribution in [1.82, 2.24) is 0 Å². The Morgan fingerprint density at radius 3 is 2.88 bits per heavy atom. The molecular weight excluding hydrogens is 223 g/mol. The Morgan fingerprint density at radius 2 is 2.19 bits per heavy atom. The van der Waals surface area contributed by atoms with E-state index >= 15 is 0 Å². The Morgan fingerprint density at radius 1 is 1.44 bits per heavy atom. The average Bonchev–Trinajstić information content (AvgIpc) is 2.28. The first-order valence-electron chi connectivity index (χ1n) is 5.23. The molecule has 1 nitrogen and oxygen atoms in total. The summed E-state index contributed by atoms with van der Waals surface area (Å²) in [5, 5.41) is 9.62. The van der Waals surface area contributed by atoms with Gasteiger partial charge >= 0.3 is 0 Å². The van der Waals surface area contributed by atoms with Gasteiger partial charge in [0.15, 0.2) is 0 Å². The van der Waals surface area contributed by atoms with Gasteiger partial charge in [0, 0.05) is 17.1 Å². The van der Waals surface area contributed by atoms with Gasteiger partial charge in [0.05, 0.1) is 6.10 Å². The van der Waals surface area contributed by atoms with Crippen LogP contribution in [0.5, 0.6) is 0 Å². The van der Waals surface area contributed by atoms with Crippen LogP contribution in [0.4, 0.5) is 4.39 Å². The molecule has 1 aromatic rings. The molecule has 0 saturated carbocycles. The normalized spacial score (nSPS) is 12.1. The minimum Gasteiger partial charge on any atom is -0.392 e. The van der Waals surface area contributed by atoms with E-state index < -0.39 is 6.10 Å². The second kappa shape index (κ2) is 7.32. The molecule has 0 amide bonds. The standard InChI is InChI=1S/C13H15FOS/c1-2-3-4-7-11(15)10-16-13-9-6-5-8-12(13)14/h1,5-6,8-9,11,15H,3-4,7,10H2. The van der Waals surface area contributed by atoms with Crippen molar-refractivity contribution in [2.75, 3.05) is 5.75 Å². The van der Waals surface area contributed by atoms with Crippen LogP contribution in [0.3, 0.4) is 0 Å². The molecule has 0 radical (unpaired) electrons. The average molecular weight is 238 g/mol. The Kier molecular flexibility index (Phi) is 5.99. The zero-order valence-electron chi connectivity index (χ0n) is 9.03. The van der Waals surface area contributed by atoms with Gasteiger partial charge in [0.25, 0.3) is 0 Å². The minimum atomic E-state index is -0.419. The maximum absolute atomic E-state index is 13.2. The summed E-state index contributed by atoms with van der Waals surface area (Å²) < 4.78 is 13.2. The van der Waals surface area contributed by atoms with Gasteiger partial charge < -0.3 is 5.11 Å². The van der Waals surface area contributed by atoms with E-state index in [9.17, 15) is 9.50 Å². The third kappa shape index (κ3) is 4.69. The number of terminal acetylenes is 1. The number of rotatable bonds is 6. The zero-order chi connectivity index (χ0) is 11.8. The molecule has 86 valence electrons. The second-order valence-electron chi connectivity index (χ2n) is 3.49. The van der Waals surface area contributed by atoms with Crippen LogP contribution in [0, 0.1) is 18.2 Å². The monoisotopic (exact) mass is 238 g/mol. The molecule has 1 atom stereocenters. The van der Waals surface area contributed by atoms with Crippen molar-refractivity contribution in [2.24, 2.45) is 0 Å². The van der Waals surface area contributed by atoms with E-state index in [2.05, 4.69) is 5.92 Å². The number of aliphatic hydroxyl groups excluding tert-OH is 1. The second-order valence-corrected chi connectivity index (χ2v) is 4.55. The summed E-state index contributed by atoms with van der Waals surface area (Å²) in [6.45, 7) is 0. The van der Waals surface area contributed by atoms with Gasteiger partial charge in [-0.3, -0.25) is 0 Å². The molecular formula is C13H15FOS. The molecule has 1 unspecified atom stereocenters. The van der Waals surface area contributed by atoms with Crippen molar-refractivity contribution in [3.63, 3.8) is 0 Å². The van der Waals surface area contributed by atoms with Crippen LogP contribution in [0.1, 0.15) is 19.3 Å². The molecule has 1 rings (SSSR count). The molecule has 1 aromatic carbocycles. The van der Waals surface area contributed by atoms with Gasteiger partial charge in [-0.05, 0) is 25.0 Å². The molecule has 0 aliphatic rings. The lowest BCUT2D eigenvalue weighted by molar-refractivity contribution is 0.187. The van der Waals surface area contributed by atoms with Gasteiger partial charge in [0.2, 0.25) is 0 Å². The number of thioether (sulfide) groups is 1. The van der Waals surface area contributed by atoms with Gasteiger partial charge in [-0.1, -0.05) is 12.1 Å². The highest BCUT2D eigenvalue weighted by molar-refractivity contribution is 7.99. The van der Waals surface area contributed by atoms with Gasteiger partial charge in [-0.2, -0.15) is 0 Å². The van der Waals surface area contributed by atoms with Crippen LogP contribution >= 0.6 is 11.8 Å². The number of hydrogen-bond acceptors (Lipinski definition) is 2. The fourth-order valence-corrected chi connectivity index (χ4v) is 2.19. The van der Waals surface area contributed by atoms with Crippen LogP contribution < -0.4 is 0 Å². The van der Waals surface area contributed by atoms with E-state index in [0.29, 0.717) is 23.5 Å². The Labute approximate surface area is 100 Å². The topological polar surface area (TPSA) is 20.2 Å². The highest BCUT2D eigenvalue weighted by atomic mass is 32.2. The Hall–Kier alpha value is -0.980. The third-order valence-electron chi connectivity index (χ3n) is 2.13. The first-order valence-corrected chi connectivity index (χ1v) is 6.21. The molecule has 0 heterocycles. The smallest absolute Gasteiger partial charge is 0.136 e. The molecule has 0 aliphatic carbocycles. The first kappa shape index (κ1) is 13.1. The number of unbranched alkanes of at least 4 members (excludes halogenated alkanes) is 1. The van der Waals surface area contributed by atoms with E-state index in [0.717, 1.165) is 6.42 Å². The van der Waals surface area contributed by atoms with E-state index in [4.69, 9.17) is 6.42 Å². The predicted molar refractivity (Wildman–Crippen MR) is 65.8 cm³/mol. The molecule has 0 aromatic heterocycles. The Balaban J connectivity index is 2.29. The van der Waals surface area contributed by atoms with E-state index in [1.165, 1.54) is 17.8 Å². The largest absolute Gasteiger partial charge is 0.392 e. The summed E-state index contributed by atoms with van der Waals surface area (Å²) >= 11 is 1.34. The SMILES string of the molecule is C#CCCCC(O)CSc1ccccc1F. The minimum absolute atomic E-state index is 0.233. The molecule has 0 fully saturated rings. The lowest BCUT2D eigenvalue weighted by Crippen LogP contribution is -2.09. The quantitative estimate of drug-likeness (QED) is 0.467. The van der Waals surface area contributed by atoms with Crippen molar-refractivity contribution in [3.05, 3.63) is 30.1 Å². The predicted octanol–water partition coefficient (Wildman–Crippen LogP) is 3.08. The summed E-state index contributed by atoms with van der Waals surface area (Å²) in [6.07, 6.45) is 6.86. The summed E-state index contributed by atoms with van der Waals surface area (Å²) in [4.78, 5) is 0.582. The lowest BCUT2D eigenvalue weighted by atomic mass is 10.2. The van der Waals surface area contributed by atoms with Crippen molar-refractivity contribution in [2.45, 2.75) is 30.3 Å². The molecule has 0 saturated heterocycles. The number of hydrogen-bond donors (Lipinski definition) is 1. The van der Waals surface area contributed by atoms with Gasteiger partial charge in [-0.15, -0.1) is 24.1 Å². The maximum atomic E-state index is 13.2. The van der Waals surface area contributed by atoms with E-state index in [1.54, 1.807) is 18.2 Å². The zero-order valence-corrected chi connectivity index (χ0v) is 9.84. The van der Waals surface area contributed by atoms with Crippen molar-refractivity contribution in [3.8, 4) is 12.3 Å². The molecule has 0 aliphatic heterocycles. The van der Waals surface area contributed by atoms with Crippen LogP contribution in [0.15, 0.2) is 29.2 Å². The number of aliphatic hydroxyl groups is 1. The highest BCUT2D eigenvalue weighted by Gasteiger charge is 2.07. The molecule has 3 heteroatoms. The summed E-state index contributed by atoms with van der Waals surface area (Å²) in [5.41, 5.74) is 0. The number of halogens is 1. The molecule has 0 bridgehead atoms. The summed E-state index contributed by atoms with van der Waals surface area (Å²) in [5.74, 6) is 2.80. The van der Waals surface area contributed by atoms with Crippen LogP contribution in [-0.2, 0) is 0 Å². The number of benzene rings is 1. The molecule has 16 heavy (non-hydrogen) atoms. The molecule has 1 N–H and O–H groups in total. The van der Waals surface area contributed by atoms with Gasteiger partial charge in [-0.25, -0.2) is 4.39 Å². The third-order valence-corrected chi connectivity index (χ3v) is 3.32. The van der Waals surface area contributed by atoms with Gasteiger partial charge in [0.1, 0.15) is 5.82 Å². The van der Waals surface area contributed by atoms with Crippen molar-refractivity contribution < 1.29 is 9.50 Å². The van der Waals surface area contributed by atoms with Crippen molar-refractivity contribution >= 4 is 11.8 Å². The highest BCUT2D eigenvalue weighted by Crippen LogP contribution is 2.22. The molecule has 0 spiro atoms. The van der Waals surface area contributed by atoms with Crippen LogP contribution in [0.2, 0.25) is 0 Å². The Bertz CT molecular complexity index is 359. The lowest BCUT2D eigenvalue weighted by Gasteiger charge is -2.09. The van der Waals surface area contributed by atoms with Crippen LogP contribution in [0.25, 0.3) is 0 Å². The first-order chi connectivity index (χ1) is 7.74. The maximum Gasteiger partial charge on any atom is 0.136 e. The summed E-state index contributed by atoms with van der Waals surface area (Å²) in [6, 6.07) is 6.58. The van der Waals surface area contributed by atoms with Crippen molar-refractivity contribution in [1.29, 1.82) is 0 Å².